The van der Waals surface area contributed by atoms with E-state index in [4.69, 9.17) is 5.73 Å². The molecule has 1 atom stereocenters. The van der Waals surface area contributed by atoms with Gasteiger partial charge in [-0.1, -0.05) is 11.3 Å². The summed E-state index contributed by atoms with van der Waals surface area (Å²) >= 11 is 1.56. The van der Waals surface area contributed by atoms with Gasteiger partial charge in [0.05, 0.1) is 15.1 Å². The lowest BCUT2D eigenvalue weighted by molar-refractivity contribution is -0.384. The fraction of sp³-hybridized carbons (Fsp3) is 0.417. The fourth-order valence-electron chi connectivity index (χ4n) is 2.34. The minimum atomic E-state index is -0.394. The molecule has 0 spiro atoms. The lowest BCUT2D eigenvalue weighted by Crippen LogP contribution is -2.42. The largest absolute Gasteiger partial charge is 0.347 e. The Morgan fingerprint density at radius 1 is 1.53 bits per heavy atom. The van der Waals surface area contributed by atoms with Crippen LogP contribution in [0, 0.1) is 10.1 Å². The monoisotopic (exact) mass is 278 g/mol. The van der Waals surface area contributed by atoms with Gasteiger partial charge in [-0.05, 0) is 18.9 Å². The molecule has 2 heterocycles. The number of anilines is 1. The van der Waals surface area contributed by atoms with Crippen LogP contribution in [0.15, 0.2) is 18.2 Å². The molecule has 100 valence electrons. The summed E-state index contributed by atoms with van der Waals surface area (Å²) in [4.78, 5) is 17.0. The maximum atomic E-state index is 10.8. The van der Waals surface area contributed by atoms with Gasteiger partial charge < -0.3 is 10.6 Å². The van der Waals surface area contributed by atoms with Crippen LogP contribution in [-0.2, 0) is 0 Å². The van der Waals surface area contributed by atoms with E-state index in [1.165, 1.54) is 12.1 Å². The molecule has 0 saturated carbocycles. The minimum absolute atomic E-state index is 0.0831. The average molecular weight is 278 g/mol. The number of thiazole rings is 1. The highest BCUT2D eigenvalue weighted by molar-refractivity contribution is 7.22. The Kier molecular flexibility index (Phi) is 3.08. The van der Waals surface area contributed by atoms with E-state index in [1.807, 2.05) is 0 Å². The van der Waals surface area contributed by atoms with Crippen LogP contribution in [0.1, 0.15) is 12.8 Å². The highest BCUT2D eigenvalue weighted by atomic mass is 32.1. The Hall–Kier alpha value is -1.73. The van der Waals surface area contributed by atoms with Crippen molar-refractivity contribution in [3.05, 3.63) is 28.3 Å². The molecule has 19 heavy (non-hydrogen) atoms. The van der Waals surface area contributed by atoms with E-state index >= 15 is 0 Å². The topological polar surface area (TPSA) is 85.3 Å². The van der Waals surface area contributed by atoms with Crippen molar-refractivity contribution in [2.45, 2.75) is 18.9 Å². The number of piperidine rings is 1. The van der Waals surface area contributed by atoms with Crippen LogP contribution in [0.2, 0.25) is 0 Å². The van der Waals surface area contributed by atoms with Gasteiger partial charge in [-0.3, -0.25) is 10.1 Å². The predicted molar refractivity (Wildman–Crippen MR) is 75.7 cm³/mol. The van der Waals surface area contributed by atoms with Gasteiger partial charge in [0.2, 0.25) is 0 Å². The van der Waals surface area contributed by atoms with Gasteiger partial charge in [-0.15, -0.1) is 0 Å². The summed E-state index contributed by atoms with van der Waals surface area (Å²) in [5.74, 6) is 0. The summed E-state index contributed by atoms with van der Waals surface area (Å²) in [6, 6.07) is 5.00. The molecular weight excluding hydrogens is 264 g/mol. The van der Waals surface area contributed by atoms with E-state index < -0.39 is 4.92 Å². The summed E-state index contributed by atoms with van der Waals surface area (Å²) in [7, 11) is 0. The van der Waals surface area contributed by atoms with E-state index in [0.29, 0.717) is 5.52 Å². The molecule has 1 fully saturated rings. The number of nitro groups is 1. The molecule has 7 heteroatoms. The van der Waals surface area contributed by atoms with E-state index in [1.54, 1.807) is 17.4 Å². The molecule has 0 radical (unpaired) electrons. The third-order valence-corrected chi connectivity index (χ3v) is 4.40. The lowest BCUT2D eigenvalue weighted by Gasteiger charge is -2.30. The third kappa shape index (κ3) is 2.39. The first-order valence-electron chi connectivity index (χ1n) is 6.19. The predicted octanol–water partition coefficient (Wildman–Crippen LogP) is 2.13. The molecule has 2 N–H and O–H groups in total. The van der Waals surface area contributed by atoms with Crippen molar-refractivity contribution >= 4 is 32.4 Å². The number of nitro benzene ring substituents is 1. The molecule has 2 aromatic rings. The second kappa shape index (κ2) is 4.75. The smallest absolute Gasteiger partial charge is 0.271 e. The first-order chi connectivity index (χ1) is 9.13. The van der Waals surface area contributed by atoms with E-state index in [2.05, 4.69) is 9.88 Å². The zero-order chi connectivity index (χ0) is 13.4. The van der Waals surface area contributed by atoms with Crippen molar-refractivity contribution in [2.75, 3.05) is 18.0 Å². The number of fused-ring (bicyclic) bond motifs is 1. The molecule has 3 rings (SSSR count). The van der Waals surface area contributed by atoms with Crippen LogP contribution in [0.4, 0.5) is 10.8 Å². The van der Waals surface area contributed by atoms with Crippen molar-refractivity contribution < 1.29 is 4.92 Å². The molecule has 0 bridgehead atoms. The van der Waals surface area contributed by atoms with Crippen molar-refractivity contribution in [3.63, 3.8) is 0 Å². The molecule has 1 aromatic heterocycles. The highest BCUT2D eigenvalue weighted by Gasteiger charge is 2.20. The van der Waals surface area contributed by atoms with Gasteiger partial charge in [0.15, 0.2) is 5.13 Å². The summed E-state index contributed by atoms with van der Waals surface area (Å²) in [5.41, 5.74) is 6.74. The van der Waals surface area contributed by atoms with Gasteiger partial charge in [-0.25, -0.2) is 4.98 Å². The summed E-state index contributed by atoms with van der Waals surface area (Å²) < 4.78 is 0.972. The standard InChI is InChI=1S/C12H14N4O2S/c13-8-2-1-5-15(7-8)12-14-10-6-9(16(17)18)3-4-11(10)19-12/h3-4,6,8H,1-2,5,7,13H2/t8-/m1/s1. The van der Waals surface area contributed by atoms with Gasteiger partial charge in [-0.2, -0.15) is 0 Å². The zero-order valence-corrected chi connectivity index (χ0v) is 11.1. The van der Waals surface area contributed by atoms with Gasteiger partial charge in [0.25, 0.3) is 5.69 Å². The molecular formula is C12H14N4O2S. The number of hydrogen-bond acceptors (Lipinski definition) is 6. The average Bonchev–Trinajstić information content (AvgIpc) is 2.81. The summed E-state index contributed by atoms with van der Waals surface area (Å²) in [6.07, 6.45) is 2.12. The van der Waals surface area contributed by atoms with Crippen LogP contribution < -0.4 is 10.6 Å². The molecule has 6 nitrogen and oxygen atoms in total. The Bertz CT molecular complexity index is 627. The number of nitrogens with zero attached hydrogens (tertiary/aromatic N) is 3. The van der Waals surface area contributed by atoms with Crippen LogP contribution in [0.5, 0.6) is 0 Å². The molecule has 1 aliphatic rings. The molecule has 0 unspecified atom stereocenters. The Labute approximate surface area is 114 Å². The van der Waals surface area contributed by atoms with E-state index in [0.717, 1.165) is 35.8 Å². The fourth-order valence-corrected chi connectivity index (χ4v) is 3.32. The highest BCUT2D eigenvalue weighted by Crippen LogP contribution is 2.32. The second-order valence-electron chi connectivity index (χ2n) is 4.75. The van der Waals surface area contributed by atoms with Gasteiger partial charge in [0, 0.05) is 31.3 Å². The van der Waals surface area contributed by atoms with Crippen molar-refractivity contribution in [3.8, 4) is 0 Å². The normalized spacial score (nSPS) is 19.8. The van der Waals surface area contributed by atoms with E-state index in [9.17, 15) is 10.1 Å². The Morgan fingerprint density at radius 3 is 3.11 bits per heavy atom. The number of nitrogens with two attached hydrogens (primary N) is 1. The van der Waals surface area contributed by atoms with Crippen LogP contribution >= 0.6 is 11.3 Å². The van der Waals surface area contributed by atoms with Crippen LogP contribution in [0.3, 0.4) is 0 Å². The summed E-state index contributed by atoms with van der Waals surface area (Å²) in [6.45, 7) is 1.76. The second-order valence-corrected chi connectivity index (χ2v) is 5.76. The van der Waals surface area contributed by atoms with Gasteiger partial charge >= 0.3 is 0 Å². The quantitative estimate of drug-likeness (QED) is 0.672. The summed E-state index contributed by atoms with van der Waals surface area (Å²) in [5, 5.41) is 11.7. The number of non-ortho nitro benzene ring substituents is 1. The van der Waals surface area contributed by atoms with E-state index in [-0.39, 0.29) is 11.7 Å². The maximum absolute atomic E-state index is 10.8. The lowest BCUT2D eigenvalue weighted by atomic mass is 10.1. The Balaban J connectivity index is 1.94. The molecule has 1 aromatic carbocycles. The molecule has 1 aliphatic heterocycles. The molecule has 0 amide bonds. The first-order valence-corrected chi connectivity index (χ1v) is 7.00. The first kappa shape index (κ1) is 12.3. The van der Waals surface area contributed by atoms with Crippen molar-refractivity contribution in [1.82, 2.24) is 4.98 Å². The zero-order valence-electron chi connectivity index (χ0n) is 10.3. The number of rotatable bonds is 2. The maximum Gasteiger partial charge on any atom is 0.271 e. The minimum Gasteiger partial charge on any atom is -0.347 e. The SMILES string of the molecule is N[C@@H]1CCCN(c2nc3cc([N+](=O)[O-])ccc3s2)C1. The molecule has 0 aliphatic carbocycles. The van der Waals surface area contributed by atoms with Gasteiger partial charge in [0.1, 0.15) is 0 Å². The number of aromatic nitrogens is 1. The van der Waals surface area contributed by atoms with Crippen LogP contribution in [-0.4, -0.2) is 29.0 Å². The molecule has 1 saturated heterocycles. The third-order valence-electron chi connectivity index (χ3n) is 3.30. The van der Waals surface area contributed by atoms with Crippen molar-refractivity contribution in [1.29, 1.82) is 0 Å². The Morgan fingerprint density at radius 2 is 2.37 bits per heavy atom. The van der Waals surface area contributed by atoms with Crippen LogP contribution in [0.25, 0.3) is 10.2 Å². The van der Waals surface area contributed by atoms with Crippen molar-refractivity contribution in [2.24, 2.45) is 5.73 Å². The number of hydrogen-bond donors (Lipinski definition) is 1. The number of benzene rings is 1.